The van der Waals surface area contributed by atoms with Gasteiger partial charge in [-0.05, 0) is 144 Å². The van der Waals surface area contributed by atoms with Crippen LogP contribution in [-0.2, 0) is 25.5 Å². The van der Waals surface area contributed by atoms with Crippen molar-refractivity contribution in [2.45, 2.75) is 132 Å². The number of hydrogen-bond acceptors (Lipinski definition) is 4. The van der Waals surface area contributed by atoms with E-state index in [1.807, 2.05) is 12.1 Å². The zero-order valence-corrected chi connectivity index (χ0v) is 51.4. The molecule has 0 aliphatic carbocycles. The van der Waals surface area contributed by atoms with Crippen molar-refractivity contribution >= 4 is 54.5 Å². The number of rotatable bonds is 10. The molecule has 12 rings (SSSR count). The topological polar surface area (TPSA) is 56.7 Å². The van der Waals surface area contributed by atoms with Crippen LogP contribution in [0.15, 0.2) is 168 Å². The van der Waals surface area contributed by atoms with Crippen molar-refractivity contribution in [1.82, 2.24) is 19.5 Å². The number of aromatic nitrogens is 4. The van der Waals surface area contributed by atoms with Crippen molar-refractivity contribution in [2.24, 2.45) is 0 Å². The van der Waals surface area contributed by atoms with Crippen molar-refractivity contribution in [3.05, 3.63) is 215 Å². The van der Waals surface area contributed by atoms with Gasteiger partial charge in [0.1, 0.15) is 5.58 Å². The molecule has 0 atom stereocenters. The Kier molecular flexibility index (Phi) is 14.9. The Hall–Kier alpha value is -7.50. The van der Waals surface area contributed by atoms with Gasteiger partial charge in [0, 0.05) is 52.6 Å². The third-order valence-electron chi connectivity index (χ3n) is 15.8. The van der Waals surface area contributed by atoms with Crippen molar-refractivity contribution in [3.8, 4) is 50.7 Å². The van der Waals surface area contributed by atoms with E-state index in [9.17, 15) is 0 Å². The zero-order chi connectivity index (χ0) is 58.8. The van der Waals surface area contributed by atoms with Crippen LogP contribution in [0, 0.1) is 19.0 Å². The van der Waals surface area contributed by atoms with Crippen LogP contribution in [0.25, 0.3) is 105 Å². The largest absolute Gasteiger partial charge is 0.501 e. The molecular weight excluding hydrogens is 1170 g/mol. The monoisotopic (exact) mass is 1240 g/mol. The Morgan fingerprint density at radius 2 is 1.21 bits per heavy atom. The summed E-state index contributed by atoms with van der Waals surface area (Å²) >= 11 is 0. The molecule has 0 N–H and O–H groups in total. The molecule has 0 spiro atoms. The molecule has 0 aliphatic rings. The maximum Gasteiger partial charge on any atom is 0.121 e. The number of furan rings is 1. The summed E-state index contributed by atoms with van der Waals surface area (Å²) in [6.45, 7) is 27.3. The molecule has 3 heterocycles. The molecule has 411 valence electrons. The molecule has 3 aromatic heterocycles. The van der Waals surface area contributed by atoms with Crippen molar-refractivity contribution in [1.29, 1.82) is 0 Å². The van der Waals surface area contributed by atoms with Crippen LogP contribution in [0.5, 0.6) is 0 Å². The first-order chi connectivity index (χ1) is 39.5. The molecule has 0 amide bonds. The normalized spacial score (nSPS) is 12.7. The Morgan fingerprint density at radius 3 is 1.85 bits per heavy atom. The van der Waals surface area contributed by atoms with Gasteiger partial charge in [-0.3, -0.25) is 15.0 Å². The maximum absolute atomic E-state index is 7.35. The van der Waals surface area contributed by atoms with Gasteiger partial charge in [0.05, 0.1) is 28.3 Å². The number of hydrogen-bond donors (Lipinski definition) is 0. The predicted octanol–water partition coefficient (Wildman–Crippen LogP) is 21.2. The summed E-state index contributed by atoms with van der Waals surface area (Å²) < 4.78 is 31.4. The predicted molar refractivity (Wildman–Crippen MR) is 339 cm³/mol. The summed E-state index contributed by atoms with van der Waals surface area (Å²) in [5.74, 6) is 3.21. The second kappa shape index (κ2) is 22.8. The summed E-state index contributed by atoms with van der Waals surface area (Å²) in [5, 5.41) is 7.00. The molecular formula is C75H74IrN4O-2. The molecule has 12 aromatic rings. The smallest absolute Gasteiger partial charge is 0.121 e. The summed E-state index contributed by atoms with van der Waals surface area (Å²) in [6.07, 6.45) is 1.72. The Balaban J connectivity index is 0.000000318. The van der Waals surface area contributed by atoms with Gasteiger partial charge in [-0.25, -0.2) is 0 Å². The van der Waals surface area contributed by atoms with Gasteiger partial charge < -0.3 is 8.98 Å². The number of para-hydroxylation sites is 2. The third kappa shape index (κ3) is 10.9. The van der Waals surface area contributed by atoms with Gasteiger partial charge in [0.2, 0.25) is 0 Å². The quantitative estimate of drug-likeness (QED) is 0.101. The van der Waals surface area contributed by atoms with Crippen LogP contribution >= 0.6 is 0 Å². The fourth-order valence-electron chi connectivity index (χ4n) is 11.4. The van der Waals surface area contributed by atoms with E-state index in [4.69, 9.17) is 13.5 Å². The Morgan fingerprint density at radius 1 is 0.556 bits per heavy atom. The van der Waals surface area contributed by atoms with E-state index in [2.05, 4.69) is 244 Å². The Bertz CT molecular complexity index is 4330. The van der Waals surface area contributed by atoms with Crippen LogP contribution in [0.1, 0.15) is 163 Å². The van der Waals surface area contributed by atoms with Gasteiger partial charge in [-0.15, -0.1) is 53.6 Å². The zero-order valence-electron chi connectivity index (χ0n) is 52.0. The van der Waals surface area contributed by atoms with Crippen molar-refractivity contribution < 1.29 is 28.6 Å². The third-order valence-corrected chi connectivity index (χ3v) is 15.8. The summed E-state index contributed by atoms with van der Waals surface area (Å²) in [4.78, 5) is 14.2. The number of nitrogens with zero attached hydrogens (tertiary/aromatic N) is 4. The second-order valence-corrected chi connectivity index (χ2v) is 24.2. The summed E-state index contributed by atoms with van der Waals surface area (Å²) in [5.41, 5.74) is 19.6. The van der Waals surface area contributed by atoms with Gasteiger partial charge in [-0.2, -0.15) is 0 Å². The van der Waals surface area contributed by atoms with E-state index in [0.29, 0.717) is 29.1 Å². The minimum absolute atomic E-state index is 0. The molecule has 0 fully saturated rings. The van der Waals surface area contributed by atoms with E-state index < -0.39 is 6.85 Å². The van der Waals surface area contributed by atoms with Crippen LogP contribution in [0.3, 0.4) is 0 Å². The number of imidazole rings is 1. The number of aryl methyl sites for hydroxylation is 1. The molecule has 81 heavy (non-hydrogen) atoms. The van der Waals surface area contributed by atoms with E-state index in [0.717, 1.165) is 50.1 Å². The molecule has 5 nitrogen and oxygen atoms in total. The fraction of sp³-hybridized carbons (Fsp3) is 0.267. The van der Waals surface area contributed by atoms with Crippen LogP contribution in [0.4, 0.5) is 0 Å². The minimum atomic E-state index is -2.11. The molecule has 0 bridgehead atoms. The average molecular weight is 1240 g/mol. The number of benzene rings is 9. The van der Waals surface area contributed by atoms with Gasteiger partial charge in [-0.1, -0.05) is 193 Å². The molecule has 0 saturated heterocycles. The fourth-order valence-corrected chi connectivity index (χ4v) is 11.4. The molecule has 1 radical (unpaired) electrons. The van der Waals surface area contributed by atoms with Crippen molar-refractivity contribution in [3.63, 3.8) is 0 Å². The second-order valence-electron chi connectivity index (χ2n) is 24.2. The minimum Gasteiger partial charge on any atom is -0.501 e. The van der Waals surface area contributed by atoms with E-state index in [1.54, 1.807) is 18.3 Å². The summed E-state index contributed by atoms with van der Waals surface area (Å²) in [7, 11) is 0. The molecule has 0 aliphatic heterocycles. The molecule has 0 saturated carbocycles. The van der Waals surface area contributed by atoms with Gasteiger partial charge in [0.15, 0.2) is 0 Å². The summed E-state index contributed by atoms with van der Waals surface area (Å²) in [6, 6.07) is 62.6. The SMILES string of the molecule is CC(C)c1cc(C(C)C)c(-c2ccc(-c3cc(C(C)C)c(-n4c(-c5[c-]ccc6c5oc5cc7c(ccc8ccccc87)cc56)nc5ccccc54)c(C(C)C)c3)cc2)c(C(C)C)c1.[2H]C([2H])([2H])c1c[c-]c(-c2nccc(C(C)(C)C)n2)cc1.[Ir]. The molecule has 9 aromatic carbocycles. The first-order valence-corrected chi connectivity index (χ1v) is 28.5. The maximum atomic E-state index is 7.35. The van der Waals surface area contributed by atoms with E-state index >= 15 is 0 Å². The van der Waals surface area contributed by atoms with Crippen LogP contribution in [0.2, 0.25) is 0 Å². The van der Waals surface area contributed by atoms with E-state index in [1.165, 1.54) is 83.4 Å². The Labute approximate surface area is 497 Å². The first kappa shape index (κ1) is 52.8. The molecule has 0 unspecified atom stereocenters. The van der Waals surface area contributed by atoms with Gasteiger partial charge in [0.25, 0.3) is 0 Å². The van der Waals surface area contributed by atoms with Crippen LogP contribution < -0.4 is 0 Å². The van der Waals surface area contributed by atoms with Crippen LogP contribution in [-0.4, -0.2) is 19.5 Å². The average Bonchev–Trinajstić information content (AvgIpc) is 1.81. The van der Waals surface area contributed by atoms with Crippen molar-refractivity contribution in [2.75, 3.05) is 0 Å². The number of fused-ring (bicyclic) bond motifs is 7. The molecule has 6 heteroatoms. The first-order valence-electron chi connectivity index (χ1n) is 30.0. The van der Waals surface area contributed by atoms with E-state index in [-0.39, 0.29) is 42.9 Å². The standard InChI is InChI=1S/C60H57N2O.C15H17N2.Ir/c1-34(2)43-29-48(35(3)4)57(49(30-43)36(5)6)41-25-22-39(23-26-41)44-31-50(37(7)8)58(51(32-44)38(9)10)62-55-21-14-13-20-54(55)61-60(62)47-19-15-18-46-53-28-42-27-24-40-16-11-12-17-45(40)52(42)33-56(53)63-59(46)47;1-11-5-7-12(8-6-11)14-16-10-9-13(17-14)15(2,3)4;/h11-18,20-38H,1-10H3;5-7,9-10H,1-4H3;/q2*-1;/i;1D3;. The van der Waals surface area contributed by atoms with Gasteiger partial charge >= 0.3 is 0 Å².